The standard InChI is InChI=1S/C21H26O5/c1-20(2)15-8-9-21(20,3)19(26)14(15)10-12-4-6-13(7-5-12)17(24)18(25)16(23)11-22/h4-7,10,15,17-18,22,24-25H,8-9,11H2,1-3H3/b14-10+. The smallest absolute Gasteiger partial charge is 0.189 e. The van der Waals surface area contributed by atoms with E-state index in [-0.39, 0.29) is 22.5 Å². The maximum atomic E-state index is 12.9. The molecule has 0 heterocycles. The molecule has 1 aromatic carbocycles. The summed E-state index contributed by atoms with van der Waals surface area (Å²) in [6, 6.07) is 6.76. The minimum Gasteiger partial charge on any atom is -0.388 e. The average Bonchev–Trinajstić information content (AvgIpc) is 2.94. The molecule has 5 heteroatoms. The second-order valence-electron chi connectivity index (χ2n) is 8.25. The van der Waals surface area contributed by atoms with E-state index in [4.69, 9.17) is 5.11 Å². The van der Waals surface area contributed by atoms with Crippen molar-refractivity contribution in [2.24, 2.45) is 16.7 Å². The summed E-state index contributed by atoms with van der Waals surface area (Å²) >= 11 is 0. The van der Waals surface area contributed by atoms with E-state index in [0.717, 1.165) is 24.0 Å². The predicted molar refractivity (Wildman–Crippen MR) is 97.1 cm³/mol. The number of carbonyl (C=O) groups is 2. The van der Waals surface area contributed by atoms with Crippen molar-refractivity contribution in [3.05, 3.63) is 41.0 Å². The zero-order chi connectivity index (χ0) is 19.3. The molecule has 0 saturated heterocycles. The van der Waals surface area contributed by atoms with E-state index < -0.39 is 24.6 Å². The quantitative estimate of drug-likeness (QED) is 0.700. The van der Waals surface area contributed by atoms with Gasteiger partial charge in [0.15, 0.2) is 11.6 Å². The molecule has 140 valence electrons. The van der Waals surface area contributed by atoms with Crippen molar-refractivity contribution in [1.82, 2.24) is 0 Å². The van der Waals surface area contributed by atoms with Gasteiger partial charge in [0, 0.05) is 5.41 Å². The number of hydrogen-bond acceptors (Lipinski definition) is 5. The van der Waals surface area contributed by atoms with Gasteiger partial charge in [0.2, 0.25) is 0 Å². The van der Waals surface area contributed by atoms with E-state index in [0.29, 0.717) is 5.56 Å². The van der Waals surface area contributed by atoms with E-state index in [9.17, 15) is 19.8 Å². The predicted octanol–water partition coefficient (Wildman–Crippen LogP) is 2.05. The fourth-order valence-electron chi connectivity index (χ4n) is 4.51. The van der Waals surface area contributed by atoms with Crippen molar-refractivity contribution < 1.29 is 24.9 Å². The molecule has 2 aliphatic rings. The van der Waals surface area contributed by atoms with Crippen molar-refractivity contribution in [2.45, 2.75) is 45.8 Å². The monoisotopic (exact) mass is 358 g/mol. The molecule has 2 aliphatic carbocycles. The van der Waals surface area contributed by atoms with Gasteiger partial charge in [-0.25, -0.2) is 0 Å². The molecule has 2 fully saturated rings. The fourth-order valence-corrected chi connectivity index (χ4v) is 4.51. The Hall–Kier alpha value is -1.82. The molecule has 1 aromatic rings. The Labute approximate surface area is 153 Å². The van der Waals surface area contributed by atoms with Crippen molar-refractivity contribution in [2.75, 3.05) is 6.61 Å². The van der Waals surface area contributed by atoms with Crippen LogP contribution in [0.1, 0.15) is 50.8 Å². The van der Waals surface area contributed by atoms with Crippen LogP contribution in [0.2, 0.25) is 0 Å². The van der Waals surface area contributed by atoms with E-state index >= 15 is 0 Å². The van der Waals surface area contributed by atoms with Crippen LogP contribution in [0, 0.1) is 16.7 Å². The molecule has 0 spiro atoms. The first kappa shape index (κ1) is 19.0. The molecule has 0 radical (unpaired) electrons. The number of fused-ring (bicyclic) bond motifs is 2. The van der Waals surface area contributed by atoms with E-state index in [1.807, 2.05) is 6.08 Å². The first-order valence-electron chi connectivity index (χ1n) is 8.99. The summed E-state index contributed by atoms with van der Waals surface area (Å²) in [6.07, 6.45) is 0.830. The molecule has 0 amide bonds. The van der Waals surface area contributed by atoms with Crippen molar-refractivity contribution >= 4 is 17.6 Å². The zero-order valence-corrected chi connectivity index (χ0v) is 15.4. The normalized spacial score (nSPS) is 30.6. The Morgan fingerprint density at radius 1 is 1.23 bits per heavy atom. The zero-order valence-electron chi connectivity index (χ0n) is 15.4. The number of aliphatic hydroxyl groups excluding tert-OH is 3. The van der Waals surface area contributed by atoms with Crippen LogP contribution in [0.4, 0.5) is 0 Å². The summed E-state index contributed by atoms with van der Waals surface area (Å²) in [6.45, 7) is 5.58. The van der Waals surface area contributed by atoms with Crippen molar-refractivity contribution in [1.29, 1.82) is 0 Å². The summed E-state index contributed by atoms with van der Waals surface area (Å²) in [5.74, 6) is -0.340. The number of allylic oxidation sites excluding steroid dienone is 1. The molecular weight excluding hydrogens is 332 g/mol. The van der Waals surface area contributed by atoms with Gasteiger partial charge in [-0.15, -0.1) is 0 Å². The van der Waals surface area contributed by atoms with Gasteiger partial charge in [-0.1, -0.05) is 45.0 Å². The van der Waals surface area contributed by atoms with Crippen LogP contribution >= 0.6 is 0 Å². The first-order valence-corrected chi connectivity index (χ1v) is 8.99. The molecule has 4 atom stereocenters. The summed E-state index contributed by atoms with van der Waals surface area (Å²) < 4.78 is 0. The second kappa shape index (κ2) is 6.41. The van der Waals surface area contributed by atoms with Gasteiger partial charge in [-0.05, 0) is 47.0 Å². The van der Waals surface area contributed by atoms with Crippen LogP contribution in [0.5, 0.6) is 0 Å². The van der Waals surface area contributed by atoms with Crippen LogP contribution in [0.3, 0.4) is 0 Å². The number of carbonyl (C=O) groups excluding carboxylic acids is 2. The van der Waals surface area contributed by atoms with Crippen LogP contribution in [0.15, 0.2) is 29.8 Å². The molecule has 26 heavy (non-hydrogen) atoms. The van der Waals surface area contributed by atoms with Crippen LogP contribution in [0.25, 0.3) is 6.08 Å². The Morgan fingerprint density at radius 3 is 2.35 bits per heavy atom. The molecule has 3 rings (SSSR count). The van der Waals surface area contributed by atoms with Gasteiger partial charge in [-0.2, -0.15) is 0 Å². The Kier molecular flexibility index (Phi) is 4.67. The van der Waals surface area contributed by atoms with E-state index in [2.05, 4.69) is 20.8 Å². The maximum Gasteiger partial charge on any atom is 0.189 e. The van der Waals surface area contributed by atoms with Gasteiger partial charge < -0.3 is 15.3 Å². The lowest BCUT2D eigenvalue weighted by Crippen LogP contribution is -2.32. The number of Topliss-reactive ketones (excluding diaryl/α,β-unsaturated/α-hetero) is 2. The maximum absolute atomic E-state index is 12.9. The topological polar surface area (TPSA) is 94.8 Å². The number of aliphatic hydroxyl groups is 3. The molecule has 2 bridgehead atoms. The largest absolute Gasteiger partial charge is 0.388 e. The lowest BCUT2D eigenvalue weighted by molar-refractivity contribution is -0.136. The number of hydrogen-bond donors (Lipinski definition) is 3. The molecule has 3 N–H and O–H groups in total. The van der Waals surface area contributed by atoms with Gasteiger partial charge in [0.25, 0.3) is 0 Å². The number of ketones is 2. The molecule has 4 unspecified atom stereocenters. The fraction of sp³-hybridized carbons (Fsp3) is 0.524. The molecule has 0 aliphatic heterocycles. The summed E-state index contributed by atoms with van der Waals surface area (Å²) in [7, 11) is 0. The van der Waals surface area contributed by atoms with Crippen LogP contribution in [-0.4, -0.2) is 39.6 Å². The molecule has 0 aromatic heterocycles. The minimum atomic E-state index is -1.66. The Balaban J connectivity index is 1.84. The molecular formula is C21H26O5. The summed E-state index contributed by atoms with van der Waals surface area (Å²) in [5.41, 5.74) is 1.76. The summed E-state index contributed by atoms with van der Waals surface area (Å²) in [5, 5.41) is 28.5. The van der Waals surface area contributed by atoms with Gasteiger partial charge >= 0.3 is 0 Å². The van der Waals surface area contributed by atoms with Crippen molar-refractivity contribution in [3.8, 4) is 0 Å². The number of rotatable bonds is 5. The molecule has 2 saturated carbocycles. The lowest BCUT2D eigenvalue weighted by Gasteiger charge is -2.31. The highest BCUT2D eigenvalue weighted by atomic mass is 16.3. The highest BCUT2D eigenvalue weighted by molar-refractivity contribution is 6.07. The van der Waals surface area contributed by atoms with Gasteiger partial charge in [0.1, 0.15) is 18.8 Å². The third-order valence-corrected chi connectivity index (χ3v) is 6.75. The Morgan fingerprint density at radius 2 is 1.85 bits per heavy atom. The molecule has 5 nitrogen and oxygen atoms in total. The lowest BCUT2D eigenvalue weighted by atomic mass is 9.70. The SMILES string of the molecule is CC12CCC(/C(=C\c3ccc(C(O)C(O)C(=O)CO)cc3)C1=O)C2(C)C. The van der Waals surface area contributed by atoms with E-state index in [1.54, 1.807) is 24.3 Å². The highest BCUT2D eigenvalue weighted by Crippen LogP contribution is 2.65. The van der Waals surface area contributed by atoms with Crippen LogP contribution < -0.4 is 0 Å². The van der Waals surface area contributed by atoms with Gasteiger partial charge in [-0.3, -0.25) is 9.59 Å². The van der Waals surface area contributed by atoms with Gasteiger partial charge in [0.05, 0.1) is 0 Å². The first-order chi connectivity index (χ1) is 12.1. The number of benzene rings is 1. The van der Waals surface area contributed by atoms with Crippen LogP contribution in [-0.2, 0) is 9.59 Å². The third-order valence-electron chi connectivity index (χ3n) is 6.75. The average molecular weight is 358 g/mol. The van der Waals surface area contributed by atoms with E-state index in [1.165, 1.54) is 0 Å². The highest BCUT2D eigenvalue weighted by Gasteiger charge is 2.63. The minimum absolute atomic E-state index is 0.0409. The second-order valence-corrected chi connectivity index (χ2v) is 8.25. The summed E-state index contributed by atoms with van der Waals surface area (Å²) in [4.78, 5) is 24.2. The third kappa shape index (κ3) is 2.66. The van der Waals surface area contributed by atoms with Crippen molar-refractivity contribution in [3.63, 3.8) is 0 Å². The Bertz CT molecular complexity index is 761.